The molecule has 6 heteroatoms. The molecular weight excluding hydrogens is 224 g/mol. The van der Waals surface area contributed by atoms with E-state index in [4.69, 9.17) is 16.7 Å². The summed E-state index contributed by atoms with van der Waals surface area (Å²) in [7, 11) is 0. The fourth-order valence-electron chi connectivity index (χ4n) is 0.683. The second kappa shape index (κ2) is 5.17. The molecule has 1 atom stereocenters. The lowest BCUT2D eigenvalue weighted by atomic mass is 10.2. The Hall–Kier alpha value is -0.810. The van der Waals surface area contributed by atoms with E-state index < -0.39 is 11.9 Å². The van der Waals surface area contributed by atoms with E-state index in [0.29, 0.717) is 15.8 Å². The third-order valence-electron chi connectivity index (χ3n) is 1.53. The number of hydrogen-bond acceptors (Lipinski definition) is 4. The molecule has 0 fully saturated rings. The van der Waals surface area contributed by atoms with E-state index in [1.807, 2.05) is 0 Å². The zero-order chi connectivity index (χ0) is 10.6. The number of aromatic nitrogens is 2. The van der Waals surface area contributed by atoms with Crippen LogP contribution in [0.3, 0.4) is 0 Å². The van der Waals surface area contributed by atoms with E-state index in [1.54, 1.807) is 6.92 Å². The van der Waals surface area contributed by atoms with Gasteiger partial charge in [-0.3, -0.25) is 4.79 Å². The number of nitrogens with zero attached hydrogens (tertiary/aromatic N) is 2. The Bertz CT molecular complexity index is 335. The number of carbonyl (C=O) groups is 1. The number of thioether (sulfide) groups is 1. The van der Waals surface area contributed by atoms with Gasteiger partial charge in [-0.05, 0) is 0 Å². The molecule has 1 rings (SSSR count). The fourth-order valence-corrected chi connectivity index (χ4v) is 1.81. The van der Waals surface area contributed by atoms with Crippen LogP contribution in [0.25, 0.3) is 0 Å². The number of carboxylic acid groups (broad SMARTS) is 1. The van der Waals surface area contributed by atoms with Gasteiger partial charge in [-0.15, -0.1) is 11.8 Å². The van der Waals surface area contributed by atoms with Crippen molar-refractivity contribution in [3.05, 3.63) is 17.5 Å². The molecule has 1 N–H and O–H groups in total. The monoisotopic (exact) mass is 232 g/mol. The second-order valence-corrected chi connectivity index (χ2v) is 4.14. The van der Waals surface area contributed by atoms with Crippen LogP contribution in [0.2, 0.25) is 5.02 Å². The molecule has 0 bridgehead atoms. The van der Waals surface area contributed by atoms with Gasteiger partial charge < -0.3 is 5.11 Å². The van der Waals surface area contributed by atoms with E-state index in [2.05, 4.69) is 9.97 Å². The van der Waals surface area contributed by atoms with Crippen molar-refractivity contribution in [2.45, 2.75) is 11.9 Å². The Morgan fingerprint density at radius 1 is 1.79 bits per heavy atom. The highest BCUT2D eigenvalue weighted by Gasteiger charge is 2.12. The van der Waals surface area contributed by atoms with E-state index in [-0.39, 0.29) is 0 Å². The lowest BCUT2D eigenvalue weighted by Crippen LogP contribution is -2.11. The summed E-state index contributed by atoms with van der Waals surface area (Å²) in [5.74, 6) is -0.778. The second-order valence-electron chi connectivity index (χ2n) is 2.73. The van der Waals surface area contributed by atoms with Crippen molar-refractivity contribution in [2.75, 3.05) is 5.75 Å². The van der Waals surface area contributed by atoms with Crippen molar-refractivity contribution in [2.24, 2.45) is 5.92 Å². The molecule has 1 aromatic rings. The van der Waals surface area contributed by atoms with E-state index >= 15 is 0 Å². The van der Waals surface area contributed by atoms with Crippen LogP contribution in [0.1, 0.15) is 6.92 Å². The first-order chi connectivity index (χ1) is 6.61. The molecular formula is C8H9ClN2O2S. The third-order valence-corrected chi connectivity index (χ3v) is 3.18. The van der Waals surface area contributed by atoms with E-state index in [0.717, 1.165) is 0 Å². The van der Waals surface area contributed by atoms with Crippen molar-refractivity contribution in [1.29, 1.82) is 0 Å². The van der Waals surface area contributed by atoms with Crippen molar-refractivity contribution < 1.29 is 9.90 Å². The topological polar surface area (TPSA) is 63.1 Å². The van der Waals surface area contributed by atoms with Gasteiger partial charge in [-0.25, -0.2) is 9.97 Å². The van der Waals surface area contributed by atoms with Crippen LogP contribution in [-0.2, 0) is 4.79 Å². The normalized spacial score (nSPS) is 12.4. The quantitative estimate of drug-likeness (QED) is 0.635. The molecule has 14 heavy (non-hydrogen) atoms. The van der Waals surface area contributed by atoms with Crippen LogP contribution in [0.15, 0.2) is 17.6 Å². The number of aliphatic carboxylic acids is 1. The van der Waals surface area contributed by atoms with Gasteiger partial charge in [0, 0.05) is 5.75 Å². The average Bonchev–Trinajstić information content (AvgIpc) is 2.16. The molecule has 0 amide bonds. The molecule has 0 spiro atoms. The van der Waals surface area contributed by atoms with Crippen molar-refractivity contribution >= 4 is 29.3 Å². The molecule has 1 heterocycles. The summed E-state index contributed by atoms with van der Waals surface area (Å²) >= 11 is 7.11. The number of carboxylic acids is 1. The summed E-state index contributed by atoms with van der Waals surface area (Å²) in [5, 5.41) is 9.72. The van der Waals surface area contributed by atoms with Crippen molar-refractivity contribution in [3.63, 3.8) is 0 Å². The smallest absolute Gasteiger partial charge is 0.307 e. The zero-order valence-electron chi connectivity index (χ0n) is 7.48. The molecule has 0 aromatic carbocycles. The predicted octanol–water partition coefficient (Wildman–Crippen LogP) is 1.94. The maximum atomic E-state index is 10.5. The molecule has 4 nitrogen and oxygen atoms in total. The highest BCUT2D eigenvalue weighted by Crippen LogP contribution is 2.24. The minimum Gasteiger partial charge on any atom is -0.481 e. The molecule has 0 aliphatic carbocycles. The summed E-state index contributed by atoms with van der Waals surface area (Å²) < 4.78 is 0. The Morgan fingerprint density at radius 3 is 3.07 bits per heavy atom. The lowest BCUT2D eigenvalue weighted by Gasteiger charge is -2.05. The molecule has 0 saturated carbocycles. The van der Waals surface area contributed by atoms with Gasteiger partial charge in [0.15, 0.2) is 0 Å². The largest absolute Gasteiger partial charge is 0.481 e. The van der Waals surface area contributed by atoms with Gasteiger partial charge >= 0.3 is 5.97 Å². The molecule has 0 saturated heterocycles. The standard InChI is InChI=1S/C8H9ClN2O2S/c1-5(8(12)13)3-14-7-6(9)2-10-4-11-7/h2,4-5H,3H2,1H3,(H,12,13). The van der Waals surface area contributed by atoms with Gasteiger partial charge in [-0.2, -0.15) is 0 Å². The van der Waals surface area contributed by atoms with Crippen LogP contribution in [-0.4, -0.2) is 26.8 Å². The van der Waals surface area contributed by atoms with Gasteiger partial charge in [0.2, 0.25) is 0 Å². The molecule has 0 aliphatic heterocycles. The molecule has 0 aliphatic rings. The van der Waals surface area contributed by atoms with E-state index in [9.17, 15) is 4.79 Å². The Kier molecular flexibility index (Phi) is 4.16. The average molecular weight is 233 g/mol. The maximum absolute atomic E-state index is 10.5. The summed E-state index contributed by atoms with van der Waals surface area (Å²) in [5.41, 5.74) is 0. The SMILES string of the molecule is CC(CSc1ncncc1Cl)C(=O)O. The molecule has 76 valence electrons. The molecule has 1 unspecified atom stereocenters. The zero-order valence-corrected chi connectivity index (χ0v) is 9.05. The summed E-state index contributed by atoms with van der Waals surface area (Å²) in [6, 6.07) is 0. The first-order valence-electron chi connectivity index (χ1n) is 3.92. The van der Waals surface area contributed by atoms with Crippen LogP contribution in [0, 0.1) is 5.92 Å². The van der Waals surface area contributed by atoms with Gasteiger partial charge in [-0.1, -0.05) is 18.5 Å². The van der Waals surface area contributed by atoms with Crippen molar-refractivity contribution in [1.82, 2.24) is 9.97 Å². The third kappa shape index (κ3) is 3.16. The summed E-state index contributed by atoms with van der Waals surface area (Å²) in [4.78, 5) is 18.2. The minimum absolute atomic E-state index is 0.411. The van der Waals surface area contributed by atoms with Crippen LogP contribution < -0.4 is 0 Å². The predicted molar refractivity (Wildman–Crippen MR) is 54.6 cm³/mol. The van der Waals surface area contributed by atoms with Crippen LogP contribution >= 0.6 is 23.4 Å². The maximum Gasteiger partial charge on any atom is 0.307 e. The summed E-state index contributed by atoms with van der Waals surface area (Å²) in [6.45, 7) is 1.64. The summed E-state index contributed by atoms with van der Waals surface area (Å²) in [6.07, 6.45) is 2.88. The lowest BCUT2D eigenvalue weighted by molar-refractivity contribution is -0.140. The van der Waals surface area contributed by atoms with Gasteiger partial charge in [0.05, 0.1) is 17.1 Å². The Morgan fingerprint density at radius 2 is 2.50 bits per heavy atom. The highest BCUT2D eigenvalue weighted by atomic mass is 35.5. The molecule has 1 aromatic heterocycles. The minimum atomic E-state index is -0.817. The van der Waals surface area contributed by atoms with E-state index in [1.165, 1.54) is 24.3 Å². The molecule has 0 radical (unpaired) electrons. The van der Waals surface area contributed by atoms with Gasteiger partial charge in [0.25, 0.3) is 0 Å². The fraction of sp³-hybridized carbons (Fsp3) is 0.375. The Balaban J connectivity index is 2.54. The first kappa shape index (κ1) is 11.3. The Labute approximate surface area is 90.7 Å². The number of hydrogen-bond donors (Lipinski definition) is 1. The first-order valence-corrected chi connectivity index (χ1v) is 5.28. The van der Waals surface area contributed by atoms with Gasteiger partial charge in [0.1, 0.15) is 11.4 Å². The van der Waals surface area contributed by atoms with Crippen molar-refractivity contribution in [3.8, 4) is 0 Å². The highest BCUT2D eigenvalue weighted by molar-refractivity contribution is 7.99. The van der Waals surface area contributed by atoms with Crippen LogP contribution in [0.5, 0.6) is 0 Å². The number of halogens is 1. The number of rotatable bonds is 4. The van der Waals surface area contributed by atoms with Crippen LogP contribution in [0.4, 0.5) is 0 Å².